The molecule has 6 nitrogen and oxygen atoms in total. The lowest BCUT2D eigenvalue weighted by atomic mass is 9.98. The monoisotopic (exact) mass is 461 g/mol. The SMILES string of the molecule is C=CC(=O)C1=C(CCO)C(Oc2ccc(S(C)(=O)=O)cc2)C(N2CCCC(CC)CC2)C1. The van der Waals surface area contributed by atoms with Gasteiger partial charge in [0.25, 0.3) is 0 Å². The van der Waals surface area contributed by atoms with E-state index in [4.69, 9.17) is 4.74 Å². The van der Waals surface area contributed by atoms with Gasteiger partial charge in [-0.05, 0) is 87.0 Å². The highest BCUT2D eigenvalue weighted by molar-refractivity contribution is 7.90. The lowest BCUT2D eigenvalue weighted by Gasteiger charge is -2.33. The van der Waals surface area contributed by atoms with E-state index < -0.39 is 9.84 Å². The summed E-state index contributed by atoms with van der Waals surface area (Å²) in [5, 5.41) is 9.71. The van der Waals surface area contributed by atoms with Crippen LogP contribution in [0.25, 0.3) is 0 Å². The predicted molar refractivity (Wildman–Crippen MR) is 126 cm³/mol. The molecule has 0 spiro atoms. The molecule has 3 rings (SSSR count). The van der Waals surface area contributed by atoms with Crippen LogP contribution in [0, 0.1) is 5.92 Å². The summed E-state index contributed by atoms with van der Waals surface area (Å²) in [6.45, 7) is 7.74. The summed E-state index contributed by atoms with van der Waals surface area (Å²) in [5.74, 6) is 1.16. The molecule has 176 valence electrons. The number of sulfone groups is 1. The molecule has 1 fully saturated rings. The molecule has 2 aliphatic rings. The topological polar surface area (TPSA) is 83.9 Å². The first-order valence-electron chi connectivity index (χ1n) is 11.5. The number of carbonyl (C=O) groups is 1. The van der Waals surface area contributed by atoms with Crippen LogP contribution in [0.3, 0.4) is 0 Å². The average Bonchev–Trinajstić information content (AvgIpc) is 2.96. The molecule has 32 heavy (non-hydrogen) atoms. The van der Waals surface area contributed by atoms with E-state index in [1.165, 1.54) is 37.3 Å². The van der Waals surface area contributed by atoms with Crippen molar-refractivity contribution in [2.45, 2.75) is 62.5 Å². The molecule has 1 aliphatic carbocycles. The Morgan fingerprint density at radius 3 is 2.56 bits per heavy atom. The smallest absolute Gasteiger partial charge is 0.181 e. The molecule has 0 radical (unpaired) electrons. The van der Waals surface area contributed by atoms with Crippen LogP contribution in [-0.4, -0.2) is 62.3 Å². The fraction of sp³-hybridized carbons (Fsp3) is 0.560. The average molecular weight is 462 g/mol. The lowest BCUT2D eigenvalue weighted by molar-refractivity contribution is -0.111. The van der Waals surface area contributed by atoms with Gasteiger partial charge in [-0.3, -0.25) is 9.69 Å². The number of ether oxygens (including phenoxy) is 1. The largest absolute Gasteiger partial charge is 0.484 e. The van der Waals surface area contributed by atoms with E-state index in [0.717, 1.165) is 37.4 Å². The van der Waals surface area contributed by atoms with E-state index >= 15 is 0 Å². The number of rotatable bonds is 9. The lowest BCUT2D eigenvalue weighted by Crippen LogP contribution is -2.45. The van der Waals surface area contributed by atoms with Crippen LogP contribution in [0.5, 0.6) is 5.75 Å². The van der Waals surface area contributed by atoms with E-state index in [-0.39, 0.29) is 29.4 Å². The summed E-state index contributed by atoms with van der Waals surface area (Å²) in [5.41, 5.74) is 1.51. The van der Waals surface area contributed by atoms with Crippen molar-refractivity contribution < 1.29 is 23.1 Å². The third kappa shape index (κ3) is 5.69. The number of benzene rings is 1. The van der Waals surface area contributed by atoms with Crippen molar-refractivity contribution in [1.82, 2.24) is 4.90 Å². The Kier molecular flexibility index (Phi) is 8.31. The van der Waals surface area contributed by atoms with E-state index in [2.05, 4.69) is 18.4 Å². The molecule has 7 heteroatoms. The summed E-state index contributed by atoms with van der Waals surface area (Å²) >= 11 is 0. The van der Waals surface area contributed by atoms with Gasteiger partial charge in [0.1, 0.15) is 11.9 Å². The van der Waals surface area contributed by atoms with Gasteiger partial charge in [-0.1, -0.05) is 19.9 Å². The van der Waals surface area contributed by atoms with Crippen molar-refractivity contribution in [3.8, 4) is 5.75 Å². The quantitative estimate of drug-likeness (QED) is 0.566. The Morgan fingerprint density at radius 1 is 1.25 bits per heavy atom. The minimum Gasteiger partial charge on any atom is -0.484 e. The molecule has 3 atom stereocenters. The van der Waals surface area contributed by atoms with Crippen molar-refractivity contribution in [1.29, 1.82) is 0 Å². The predicted octanol–water partition coefficient (Wildman–Crippen LogP) is 3.56. The second-order valence-electron chi connectivity index (χ2n) is 8.84. The first kappa shape index (κ1) is 24.7. The van der Waals surface area contributed by atoms with Gasteiger partial charge in [0.15, 0.2) is 15.6 Å². The molecule has 0 amide bonds. The Bertz CT molecular complexity index is 951. The van der Waals surface area contributed by atoms with Crippen molar-refractivity contribution in [2.24, 2.45) is 5.92 Å². The van der Waals surface area contributed by atoms with Crippen LogP contribution in [0.15, 0.2) is 53.0 Å². The maximum atomic E-state index is 12.6. The molecule has 1 aromatic carbocycles. The minimum absolute atomic E-state index is 0.000593. The molecule has 1 aliphatic heterocycles. The van der Waals surface area contributed by atoms with Gasteiger partial charge in [-0.15, -0.1) is 0 Å². The Morgan fingerprint density at radius 2 is 1.97 bits per heavy atom. The second kappa shape index (κ2) is 10.8. The molecule has 0 saturated carbocycles. The van der Waals surface area contributed by atoms with E-state index in [1.807, 2.05) is 0 Å². The van der Waals surface area contributed by atoms with Crippen LogP contribution in [-0.2, 0) is 14.6 Å². The maximum absolute atomic E-state index is 12.6. The number of hydrogen-bond donors (Lipinski definition) is 1. The van der Waals surface area contributed by atoms with E-state index in [0.29, 0.717) is 24.2 Å². The van der Waals surface area contributed by atoms with Gasteiger partial charge in [-0.2, -0.15) is 0 Å². The van der Waals surface area contributed by atoms with Crippen LogP contribution in [0.4, 0.5) is 0 Å². The number of carbonyl (C=O) groups excluding carboxylic acids is 1. The number of nitrogens with zero attached hydrogens (tertiary/aromatic N) is 1. The van der Waals surface area contributed by atoms with Crippen molar-refractivity contribution in [3.05, 3.63) is 48.1 Å². The van der Waals surface area contributed by atoms with Gasteiger partial charge in [0, 0.05) is 18.4 Å². The fourth-order valence-corrected chi connectivity index (χ4v) is 5.59. The zero-order valence-corrected chi connectivity index (χ0v) is 19.9. The van der Waals surface area contributed by atoms with Crippen LogP contribution < -0.4 is 4.74 Å². The van der Waals surface area contributed by atoms with Crippen LogP contribution in [0.2, 0.25) is 0 Å². The van der Waals surface area contributed by atoms with Gasteiger partial charge < -0.3 is 9.84 Å². The van der Waals surface area contributed by atoms with E-state index in [9.17, 15) is 18.3 Å². The number of likely N-dealkylation sites (tertiary alicyclic amines) is 1. The van der Waals surface area contributed by atoms with Gasteiger partial charge in [0.2, 0.25) is 0 Å². The number of allylic oxidation sites excluding steroid dienone is 1. The maximum Gasteiger partial charge on any atom is 0.181 e. The van der Waals surface area contributed by atoms with Crippen LogP contribution >= 0.6 is 0 Å². The van der Waals surface area contributed by atoms with Gasteiger partial charge >= 0.3 is 0 Å². The highest BCUT2D eigenvalue weighted by Crippen LogP contribution is 2.37. The summed E-state index contributed by atoms with van der Waals surface area (Å²) in [4.78, 5) is 15.3. The summed E-state index contributed by atoms with van der Waals surface area (Å²) < 4.78 is 30.0. The highest BCUT2D eigenvalue weighted by Gasteiger charge is 2.41. The molecule has 3 unspecified atom stereocenters. The Balaban J connectivity index is 1.92. The second-order valence-corrected chi connectivity index (χ2v) is 10.9. The van der Waals surface area contributed by atoms with Crippen molar-refractivity contribution in [2.75, 3.05) is 26.0 Å². The Labute approximate surface area is 191 Å². The number of ketones is 1. The minimum atomic E-state index is -3.29. The molecule has 0 aromatic heterocycles. The van der Waals surface area contributed by atoms with Gasteiger partial charge in [0.05, 0.1) is 10.9 Å². The molecular weight excluding hydrogens is 426 g/mol. The first-order chi connectivity index (χ1) is 15.3. The molecule has 1 heterocycles. The number of aliphatic hydroxyl groups excluding tert-OH is 1. The number of aliphatic hydroxyl groups is 1. The molecule has 1 saturated heterocycles. The summed E-state index contributed by atoms with van der Waals surface area (Å²) in [6, 6.07) is 6.40. The van der Waals surface area contributed by atoms with Crippen molar-refractivity contribution >= 4 is 15.6 Å². The first-order valence-corrected chi connectivity index (χ1v) is 13.4. The normalized spacial score (nSPS) is 24.9. The molecule has 1 N–H and O–H groups in total. The molecular formula is C25H35NO5S. The highest BCUT2D eigenvalue weighted by atomic mass is 32.2. The molecule has 0 bridgehead atoms. The standard InChI is InChI=1S/C25H35NO5S/c1-4-18-7-6-14-26(15-12-18)23-17-22(24(28)5-2)21(13-16-27)25(23)31-19-8-10-20(11-9-19)32(3,29)30/h5,8-11,18,23,25,27H,2,4,6-7,12-17H2,1,3H3. The van der Waals surface area contributed by atoms with Crippen LogP contribution in [0.1, 0.15) is 45.4 Å². The molecule has 1 aromatic rings. The third-order valence-electron chi connectivity index (χ3n) is 6.80. The van der Waals surface area contributed by atoms with E-state index in [1.54, 1.807) is 12.1 Å². The van der Waals surface area contributed by atoms with Gasteiger partial charge in [-0.25, -0.2) is 8.42 Å². The summed E-state index contributed by atoms with van der Waals surface area (Å²) in [6.07, 6.45) is 7.71. The zero-order chi connectivity index (χ0) is 23.3. The third-order valence-corrected chi connectivity index (χ3v) is 7.93. The number of hydrogen-bond acceptors (Lipinski definition) is 6. The summed E-state index contributed by atoms with van der Waals surface area (Å²) in [7, 11) is -3.29. The Hall–Kier alpha value is -1.96. The zero-order valence-electron chi connectivity index (χ0n) is 19.1. The van der Waals surface area contributed by atoms with Crippen molar-refractivity contribution in [3.63, 3.8) is 0 Å². The fourth-order valence-electron chi connectivity index (χ4n) is 4.96.